The Labute approximate surface area is 166 Å². The number of nitrogens with zero attached hydrogens (tertiary/aromatic N) is 1. The highest BCUT2D eigenvalue weighted by Gasteiger charge is 2.42. The van der Waals surface area contributed by atoms with E-state index in [-0.39, 0.29) is 0 Å². The van der Waals surface area contributed by atoms with Crippen molar-refractivity contribution in [1.29, 1.82) is 0 Å². The lowest BCUT2D eigenvalue weighted by molar-refractivity contribution is 0.622. The number of hydrogen-bond acceptors (Lipinski definition) is 1. The minimum absolute atomic E-state index is 1.02. The molecule has 0 bridgehead atoms. The van der Waals surface area contributed by atoms with Crippen LogP contribution in [0.5, 0.6) is 0 Å². The van der Waals surface area contributed by atoms with Gasteiger partial charge in [-0.05, 0) is 22.9 Å². The van der Waals surface area contributed by atoms with Crippen LogP contribution in [-0.4, -0.2) is 20.7 Å². The number of benzene rings is 3. The van der Waals surface area contributed by atoms with Crippen molar-refractivity contribution in [1.82, 2.24) is 4.23 Å². The largest absolute Gasteiger partial charge is 0.335 e. The highest BCUT2D eigenvalue weighted by molar-refractivity contribution is 7.02. The van der Waals surface area contributed by atoms with Crippen LogP contribution >= 0.6 is 0 Å². The first kappa shape index (κ1) is 19.8. The lowest BCUT2D eigenvalue weighted by atomic mass is 10.2. The molecule has 0 unspecified atom stereocenters. The Bertz CT molecular complexity index is 804. The maximum Gasteiger partial charge on any atom is 0.148 e. The zero-order chi connectivity index (χ0) is 19.5. The van der Waals surface area contributed by atoms with Gasteiger partial charge in [0.15, 0.2) is 0 Å². The summed E-state index contributed by atoms with van der Waals surface area (Å²) < 4.78 is 2.90. The van der Waals surface area contributed by atoms with Crippen molar-refractivity contribution in [2.45, 2.75) is 39.7 Å². The Kier molecular flexibility index (Phi) is 5.85. The quantitative estimate of drug-likeness (QED) is 0.535. The molecule has 0 saturated heterocycles. The third-order valence-electron chi connectivity index (χ3n) is 5.77. The van der Waals surface area contributed by atoms with E-state index in [0.717, 1.165) is 6.54 Å². The van der Waals surface area contributed by atoms with Crippen molar-refractivity contribution < 1.29 is 0 Å². The molecule has 0 saturated carbocycles. The molecule has 0 fully saturated rings. The van der Waals surface area contributed by atoms with Crippen LogP contribution in [0.2, 0.25) is 26.2 Å². The summed E-state index contributed by atoms with van der Waals surface area (Å²) in [6.45, 7) is 13.2. The van der Waals surface area contributed by atoms with Gasteiger partial charge in [-0.1, -0.05) is 117 Å². The first-order chi connectivity index (χ1) is 12.8. The van der Waals surface area contributed by atoms with Crippen molar-refractivity contribution in [2.75, 3.05) is 0 Å². The van der Waals surface area contributed by atoms with Crippen molar-refractivity contribution in [3.63, 3.8) is 0 Å². The van der Waals surface area contributed by atoms with Gasteiger partial charge in [0.1, 0.15) is 16.5 Å². The molecule has 0 heterocycles. The predicted molar refractivity (Wildman–Crippen MR) is 124 cm³/mol. The highest BCUT2D eigenvalue weighted by Crippen LogP contribution is 2.23. The molecule has 3 rings (SSSR count). The van der Waals surface area contributed by atoms with Gasteiger partial charge in [-0.15, -0.1) is 0 Å². The van der Waals surface area contributed by atoms with Gasteiger partial charge < -0.3 is 4.23 Å². The second-order valence-electron chi connectivity index (χ2n) is 8.42. The molecule has 0 radical (unpaired) electrons. The van der Waals surface area contributed by atoms with E-state index >= 15 is 0 Å². The predicted octanol–water partition coefficient (Wildman–Crippen LogP) is 5.02. The zero-order valence-electron chi connectivity index (χ0n) is 17.2. The SMILES string of the molecule is Cc1ccc(CN([Si](C)(C)c2ccccc2)[Si](C)(C)c2ccccc2)cc1. The minimum Gasteiger partial charge on any atom is -0.335 e. The molecular weight excluding hydrogens is 358 g/mol. The van der Waals surface area contributed by atoms with Gasteiger partial charge in [0.25, 0.3) is 0 Å². The van der Waals surface area contributed by atoms with Gasteiger partial charge in [0, 0.05) is 6.54 Å². The van der Waals surface area contributed by atoms with E-state index < -0.39 is 16.5 Å². The molecule has 1 nitrogen and oxygen atoms in total. The lowest BCUT2D eigenvalue weighted by Crippen LogP contribution is -2.70. The molecule has 3 aromatic carbocycles. The summed E-state index contributed by atoms with van der Waals surface area (Å²) in [5.41, 5.74) is 2.73. The number of aryl methyl sites for hydroxylation is 1. The maximum absolute atomic E-state index is 2.90. The summed E-state index contributed by atoms with van der Waals surface area (Å²) >= 11 is 0. The Morgan fingerprint density at radius 2 is 1.00 bits per heavy atom. The summed E-state index contributed by atoms with van der Waals surface area (Å²) in [5.74, 6) is 0. The molecule has 3 heteroatoms. The third kappa shape index (κ3) is 4.32. The lowest BCUT2D eigenvalue weighted by Gasteiger charge is -2.47. The molecule has 0 amide bonds. The summed E-state index contributed by atoms with van der Waals surface area (Å²) in [6.07, 6.45) is 0. The van der Waals surface area contributed by atoms with E-state index in [9.17, 15) is 0 Å². The molecule has 27 heavy (non-hydrogen) atoms. The smallest absolute Gasteiger partial charge is 0.148 e. The topological polar surface area (TPSA) is 3.24 Å². The normalized spacial score (nSPS) is 12.4. The van der Waals surface area contributed by atoms with E-state index in [4.69, 9.17) is 0 Å². The van der Waals surface area contributed by atoms with Gasteiger partial charge in [0.2, 0.25) is 0 Å². The van der Waals surface area contributed by atoms with Crippen LogP contribution < -0.4 is 10.4 Å². The third-order valence-corrected chi connectivity index (χ3v) is 15.6. The van der Waals surface area contributed by atoms with Crippen LogP contribution in [0.1, 0.15) is 11.1 Å². The summed E-state index contributed by atoms with van der Waals surface area (Å²) in [7, 11) is -3.66. The van der Waals surface area contributed by atoms with Gasteiger partial charge >= 0.3 is 0 Å². The van der Waals surface area contributed by atoms with Crippen molar-refractivity contribution in [3.05, 3.63) is 96.1 Å². The Hall–Kier alpha value is -1.95. The van der Waals surface area contributed by atoms with Crippen LogP contribution in [0.3, 0.4) is 0 Å². The summed E-state index contributed by atoms with van der Waals surface area (Å²) in [4.78, 5) is 0. The highest BCUT2D eigenvalue weighted by atomic mass is 28.4. The van der Waals surface area contributed by atoms with Crippen LogP contribution in [0, 0.1) is 6.92 Å². The molecular formula is C24H31NSi2. The Morgan fingerprint density at radius 1 is 0.593 bits per heavy atom. The minimum atomic E-state index is -1.83. The van der Waals surface area contributed by atoms with Crippen molar-refractivity contribution in [2.24, 2.45) is 0 Å². The maximum atomic E-state index is 2.90. The van der Waals surface area contributed by atoms with Crippen LogP contribution in [0.25, 0.3) is 0 Å². The van der Waals surface area contributed by atoms with Crippen LogP contribution in [0.4, 0.5) is 0 Å². The molecule has 0 aliphatic carbocycles. The molecule has 0 N–H and O–H groups in total. The second-order valence-corrected chi connectivity index (χ2v) is 17.3. The molecule has 0 aromatic heterocycles. The van der Waals surface area contributed by atoms with E-state index in [1.807, 2.05) is 0 Å². The Morgan fingerprint density at radius 3 is 1.41 bits per heavy atom. The molecule has 0 spiro atoms. The first-order valence-corrected chi connectivity index (χ1v) is 15.7. The summed E-state index contributed by atoms with van der Waals surface area (Å²) in [6, 6.07) is 31.4. The van der Waals surface area contributed by atoms with E-state index in [1.54, 1.807) is 0 Å². The molecule has 140 valence electrons. The van der Waals surface area contributed by atoms with Gasteiger partial charge in [-0.25, -0.2) is 0 Å². The first-order valence-electron chi connectivity index (χ1n) is 9.76. The molecule has 3 aromatic rings. The van der Waals surface area contributed by atoms with Gasteiger partial charge in [-0.2, -0.15) is 0 Å². The zero-order valence-corrected chi connectivity index (χ0v) is 19.2. The second kappa shape index (κ2) is 7.97. The summed E-state index contributed by atoms with van der Waals surface area (Å²) in [5, 5.41) is 3.02. The Balaban J connectivity index is 2.07. The van der Waals surface area contributed by atoms with Gasteiger partial charge in [-0.3, -0.25) is 0 Å². The van der Waals surface area contributed by atoms with Crippen molar-refractivity contribution >= 4 is 26.8 Å². The average molecular weight is 390 g/mol. The van der Waals surface area contributed by atoms with Crippen molar-refractivity contribution in [3.8, 4) is 0 Å². The van der Waals surface area contributed by atoms with E-state index in [0.29, 0.717) is 0 Å². The van der Waals surface area contributed by atoms with Crippen LogP contribution in [0.15, 0.2) is 84.9 Å². The van der Waals surface area contributed by atoms with Gasteiger partial charge in [0.05, 0.1) is 0 Å². The fraction of sp³-hybridized carbons (Fsp3) is 0.250. The number of rotatable bonds is 6. The fourth-order valence-electron chi connectivity index (χ4n) is 3.97. The number of hydrogen-bond donors (Lipinski definition) is 0. The molecule has 0 aliphatic heterocycles. The molecule has 0 atom stereocenters. The average Bonchev–Trinajstić information content (AvgIpc) is 2.68. The fourth-order valence-corrected chi connectivity index (χ4v) is 14.1. The standard InChI is InChI=1S/C24H31NSi2/c1-21-16-18-22(19-17-21)20-25(26(2,3)23-12-8-6-9-13-23)27(4,5)24-14-10-7-11-15-24/h6-19H,20H2,1-5H3. The van der Waals surface area contributed by atoms with Crippen LogP contribution in [-0.2, 0) is 6.54 Å². The van der Waals surface area contributed by atoms with E-state index in [2.05, 4.69) is 122 Å². The molecule has 0 aliphatic rings. The monoisotopic (exact) mass is 389 g/mol. The van der Waals surface area contributed by atoms with E-state index in [1.165, 1.54) is 21.5 Å².